The van der Waals surface area contributed by atoms with Crippen LogP contribution >= 0.6 is 11.6 Å². The first-order valence-electron chi connectivity index (χ1n) is 15.4. The minimum Gasteiger partial charge on any atom is -0.444 e. The van der Waals surface area contributed by atoms with Gasteiger partial charge in [0.25, 0.3) is 10.0 Å². The minimum absolute atomic E-state index is 0.0249. The lowest BCUT2D eigenvalue weighted by Crippen LogP contribution is -2.41. The van der Waals surface area contributed by atoms with Crippen LogP contribution in [0.15, 0.2) is 53.4 Å². The maximum absolute atomic E-state index is 13.6. The van der Waals surface area contributed by atoms with E-state index in [9.17, 15) is 18.3 Å². The molecule has 1 fully saturated rings. The van der Waals surface area contributed by atoms with E-state index in [0.717, 1.165) is 28.7 Å². The van der Waals surface area contributed by atoms with E-state index >= 15 is 0 Å². The molecule has 0 radical (unpaired) electrons. The number of rotatable bonds is 8. The number of β-amino-alcohol motifs (C(OH)–C–C–N with tert-alkyl or cyclic N) is 1. The van der Waals surface area contributed by atoms with Crippen LogP contribution in [0.4, 0.5) is 10.7 Å². The van der Waals surface area contributed by atoms with Gasteiger partial charge in [-0.15, -0.1) is 0 Å². The number of carbonyl (C=O) groups is 1. The number of nitrogens with zero attached hydrogens (tertiary/aromatic N) is 3. The molecule has 244 valence electrons. The maximum Gasteiger partial charge on any atom is 0.410 e. The number of amides is 1. The zero-order valence-corrected chi connectivity index (χ0v) is 28.7. The van der Waals surface area contributed by atoms with E-state index < -0.39 is 27.8 Å². The number of nitrogens with one attached hydrogen (secondary N) is 1. The Labute approximate surface area is 272 Å². The summed E-state index contributed by atoms with van der Waals surface area (Å²) in [6.07, 6.45) is 0.733. The Bertz CT molecular complexity index is 1600. The summed E-state index contributed by atoms with van der Waals surface area (Å²) in [6.45, 7) is 14.3. The number of aryl methyl sites for hydroxylation is 2. The molecule has 4 rings (SSSR count). The van der Waals surface area contributed by atoms with Crippen LogP contribution in [-0.4, -0.2) is 59.3 Å². The van der Waals surface area contributed by atoms with E-state index in [-0.39, 0.29) is 34.4 Å². The number of aliphatic hydroxyl groups is 1. The molecule has 11 heteroatoms. The highest BCUT2D eigenvalue weighted by atomic mass is 35.5. The van der Waals surface area contributed by atoms with Crippen molar-refractivity contribution >= 4 is 33.7 Å². The first-order valence-corrected chi connectivity index (χ1v) is 17.3. The molecule has 0 aliphatic carbocycles. The number of anilines is 1. The molecule has 9 nitrogen and oxygen atoms in total. The molecule has 45 heavy (non-hydrogen) atoms. The second kappa shape index (κ2) is 14.1. The van der Waals surface area contributed by atoms with Gasteiger partial charge in [-0.3, -0.25) is 0 Å². The van der Waals surface area contributed by atoms with Gasteiger partial charge >= 0.3 is 6.09 Å². The molecular formula is C34H45ClN4O5S. The van der Waals surface area contributed by atoms with Gasteiger partial charge in [-0.1, -0.05) is 55.8 Å². The molecule has 3 atom stereocenters. The molecule has 0 saturated carbocycles. The molecular weight excluding hydrogens is 612 g/mol. The number of ether oxygens (including phenoxy) is 1. The zero-order chi connectivity index (χ0) is 33.1. The molecule has 2 heterocycles. The average Bonchev–Trinajstić information content (AvgIpc) is 3.05. The van der Waals surface area contributed by atoms with Crippen LogP contribution in [-0.2, 0) is 21.2 Å². The average molecular weight is 657 g/mol. The molecule has 1 saturated heterocycles. The predicted molar refractivity (Wildman–Crippen MR) is 178 cm³/mol. The number of sulfonamides is 1. The number of benzene rings is 2. The normalized spacial score (nSPS) is 19.3. The van der Waals surface area contributed by atoms with Crippen LogP contribution in [0.5, 0.6) is 0 Å². The highest BCUT2D eigenvalue weighted by Gasteiger charge is 2.35. The maximum atomic E-state index is 13.6. The van der Waals surface area contributed by atoms with Crippen LogP contribution in [0, 0.1) is 31.6 Å². The lowest BCUT2D eigenvalue weighted by atomic mass is 9.79. The van der Waals surface area contributed by atoms with Gasteiger partial charge in [-0.05, 0) is 100 Å². The number of likely N-dealkylation sites (tertiary alicyclic amines) is 1. The summed E-state index contributed by atoms with van der Waals surface area (Å²) in [5.74, 6) is 0.375. The summed E-state index contributed by atoms with van der Waals surface area (Å²) >= 11 is 6.31. The standard InChI is InChI=1S/C34H45ClN4O5S/c1-21(2)14-26-19-39(33(41)44-34(5,6)7)20-27(40)17-25(26)15-24-12-9-13-28(16-24)45(42,43)38-32-36-29(18-30(35)37-32)31-22(3)10-8-11-23(31)4/h8-13,16,18,21,25-27,40H,14-15,17,19-20H2,1-7H3,(H,36,37,38)/t25?,26-,27-/m1/s1. The summed E-state index contributed by atoms with van der Waals surface area (Å²) in [5, 5.41) is 11.1. The topological polar surface area (TPSA) is 122 Å². The van der Waals surface area contributed by atoms with Crippen molar-refractivity contribution in [1.82, 2.24) is 14.9 Å². The Morgan fingerprint density at radius 3 is 2.38 bits per heavy atom. The van der Waals surface area contributed by atoms with Crippen molar-refractivity contribution in [3.63, 3.8) is 0 Å². The largest absolute Gasteiger partial charge is 0.444 e. The SMILES string of the molecule is Cc1cccc(C)c1-c1cc(Cl)nc(NS(=O)(=O)c2cccc(CC3C[C@@H](O)CN(C(=O)OC(C)(C)C)C[C@H]3CC(C)C)c2)n1. The van der Waals surface area contributed by atoms with E-state index in [1.165, 1.54) is 6.07 Å². The monoisotopic (exact) mass is 656 g/mol. The van der Waals surface area contributed by atoms with Crippen molar-refractivity contribution < 1.29 is 23.1 Å². The van der Waals surface area contributed by atoms with Crippen LogP contribution in [0.2, 0.25) is 5.15 Å². The van der Waals surface area contributed by atoms with Crippen LogP contribution in [0.1, 0.15) is 64.2 Å². The van der Waals surface area contributed by atoms with Crippen molar-refractivity contribution in [2.24, 2.45) is 17.8 Å². The van der Waals surface area contributed by atoms with Gasteiger partial charge in [-0.2, -0.15) is 0 Å². The summed E-state index contributed by atoms with van der Waals surface area (Å²) in [5.41, 5.74) is 3.55. The van der Waals surface area contributed by atoms with Crippen LogP contribution in [0.25, 0.3) is 11.3 Å². The summed E-state index contributed by atoms with van der Waals surface area (Å²) in [4.78, 5) is 23.3. The van der Waals surface area contributed by atoms with E-state index in [0.29, 0.717) is 31.0 Å². The number of aliphatic hydroxyl groups excluding tert-OH is 1. The second-order valence-electron chi connectivity index (χ2n) is 13.5. The Hall–Kier alpha value is -3.21. The third kappa shape index (κ3) is 9.40. The van der Waals surface area contributed by atoms with Gasteiger partial charge in [-0.25, -0.2) is 27.9 Å². The molecule has 1 aliphatic heterocycles. The fourth-order valence-electron chi connectivity index (χ4n) is 6.11. The molecule has 1 aromatic heterocycles. The predicted octanol–water partition coefficient (Wildman–Crippen LogP) is 7.04. The third-order valence-corrected chi connectivity index (χ3v) is 9.44. The van der Waals surface area contributed by atoms with E-state index in [1.807, 2.05) is 58.9 Å². The number of hydrogen-bond donors (Lipinski definition) is 2. The number of halogens is 1. The Morgan fingerprint density at radius 2 is 1.73 bits per heavy atom. The van der Waals surface area contributed by atoms with Crippen LogP contribution < -0.4 is 4.72 Å². The van der Waals surface area contributed by atoms with Crippen molar-refractivity contribution in [3.05, 3.63) is 70.4 Å². The smallest absolute Gasteiger partial charge is 0.410 e. The summed E-state index contributed by atoms with van der Waals surface area (Å²) < 4.78 is 35.2. The lowest BCUT2D eigenvalue weighted by molar-refractivity contribution is 0.0152. The van der Waals surface area contributed by atoms with E-state index in [4.69, 9.17) is 16.3 Å². The van der Waals surface area contributed by atoms with Crippen LogP contribution in [0.3, 0.4) is 0 Å². The quantitative estimate of drug-likeness (QED) is 0.250. The van der Waals surface area contributed by atoms with E-state index in [1.54, 1.807) is 23.1 Å². The molecule has 0 spiro atoms. The minimum atomic E-state index is -4.05. The van der Waals surface area contributed by atoms with Crippen molar-refractivity contribution in [3.8, 4) is 11.3 Å². The van der Waals surface area contributed by atoms with Crippen molar-refractivity contribution in [2.75, 3.05) is 17.8 Å². The molecule has 1 aliphatic rings. The molecule has 2 N–H and O–H groups in total. The lowest BCUT2D eigenvalue weighted by Gasteiger charge is -2.31. The Morgan fingerprint density at radius 1 is 1.07 bits per heavy atom. The molecule has 2 aromatic carbocycles. The van der Waals surface area contributed by atoms with Gasteiger partial charge in [0.15, 0.2) is 0 Å². The van der Waals surface area contributed by atoms with Gasteiger partial charge < -0.3 is 14.7 Å². The number of carbonyl (C=O) groups excluding carboxylic acids is 1. The van der Waals surface area contributed by atoms with Gasteiger partial charge in [0.05, 0.1) is 16.7 Å². The first kappa shape index (κ1) is 34.7. The van der Waals surface area contributed by atoms with Gasteiger partial charge in [0, 0.05) is 24.7 Å². The highest BCUT2D eigenvalue weighted by Crippen LogP contribution is 2.33. The van der Waals surface area contributed by atoms with E-state index in [2.05, 4.69) is 28.5 Å². The second-order valence-corrected chi connectivity index (χ2v) is 15.6. The molecule has 1 amide bonds. The Kier molecular flexibility index (Phi) is 10.8. The molecule has 3 aromatic rings. The number of aromatic nitrogens is 2. The van der Waals surface area contributed by atoms with Gasteiger partial charge in [0.2, 0.25) is 5.95 Å². The van der Waals surface area contributed by atoms with Crippen molar-refractivity contribution in [2.45, 2.75) is 84.3 Å². The molecule has 1 unspecified atom stereocenters. The fraction of sp³-hybridized carbons (Fsp3) is 0.500. The third-order valence-electron chi connectivity index (χ3n) is 7.92. The highest BCUT2D eigenvalue weighted by molar-refractivity contribution is 7.92. The van der Waals surface area contributed by atoms with Gasteiger partial charge in [0.1, 0.15) is 10.8 Å². The fourth-order valence-corrected chi connectivity index (χ4v) is 7.30. The molecule has 0 bridgehead atoms. The van der Waals surface area contributed by atoms with Crippen molar-refractivity contribution in [1.29, 1.82) is 0 Å². The summed E-state index contributed by atoms with van der Waals surface area (Å²) in [6, 6.07) is 14.3. The first-order chi connectivity index (χ1) is 21.0. The Balaban J connectivity index is 1.57. The number of hydrogen-bond acceptors (Lipinski definition) is 7. The summed E-state index contributed by atoms with van der Waals surface area (Å²) in [7, 11) is -4.05. The zero-order valence-electron chi connectivity index (χ0n) is 27.2.